The predicted octanol–water partition coefficient (Wildman–Crippen LogP) is 2.91. The molecule has 0 bridgehead atoms. The van der Waals surface area contributed by atoms with Crippen LogP contribution >= 0.6 is 11.6 Å². The zero-order valence-electron chi connectivity index (χ0n) is 16.4. The van der Waals surface area contributed by atoms with E-state index in [1.807, 2.05) is 19.2 Å². The van der Waals surface area contributed by atoms with Gasteiger partial charge in [0.05, 0.1) is 18.2 Å². The van der Waals surface area contributed by atoms with Crippen molar-refractivity contribution in [2.75, 3.05) is 7.11 Å². The summed E-state index contributed by atoms with van der Waals surface area (Å²) in [5.74, 6) is -1.10. The third kappa shape index (κ3) is 7.11. The molecule has 0 aliphatic heterocycles. The van der Waals surface area contributed by atoms with Crippen LogP contribution in [0, 0.1) is 5.92 Å². The molecule has 3 amide bonds. The van der Waals surface area contributed by atoms with Crippen LogP contribution in [0.3, 0.4) is 0 Å². The second-order valence-corrected chi connectivity index (χ2v) is 6.90. The van der Waals surface area contributed by atoms with E-state index < -0.39 is 24.0 Å². The van der Waals surface area contributed by atoms with Gasteiger partial charge in [-0.15, -0.1) is 0 Å². The largest absolute Gasteiger partial charge is 0.493 e. The topological polar surface area (TPSA) is 117 Å². The first-order valence-electron chi connectivity index (χ1n) is 8.58. The molecule has 0 saturated heterocycles. The van der Waals surface area contributed by atoms with Gasteiger partial charge in [0.25, 0.3) is 5.91 Å². The maximum Gasteiger partial charge on any atom is 0.331 e. The molecule has 0 fully saturated rings. The number of ether oxygens (including phenoxy) is 3. The highest BCUT2D eigenvalue weighted by Gasteiger charge is 2.26. The molecule has 1 atom stereocenters. The fourth-order valence-electron chi connectivity index (χ4n) is 2.20. The van der Waals surface area contributed by atoms with Crippen molar-refractivity contribution in [2.45, 2.75) is 39.9 Å². The highest BCUT2D eigenvalue weighted by atomic mass is 35.5. The number of benzene rings is 1. The summed E-state index contributed by atoms with van der Waals surface area (Å²) < 4.78 is 16.0. The molecule has 154 valence electrons. The molecule has 1 aromatic carbocycles. The van der Waals surface area contributed by atoms with E-state index in [1.165, 1.54) is 13.2 Å². The number of hydrogen-bond acceptors (Lipinski definition) is 6. The maximum absolute atomic E-state index is 12.1. The summed E-state index contributed by atoms with van der Waals surface area (Å²) >= 11 is 6.24. The number of urea groups is 1. The van der Waals surface area contributed by atoms with E-state index in [0.29, 0.717) is 22.1 Å². The van der Waals surface area contributed by atoms with Gasteiger partial charge in [-0.25, -0.2) is 9.59 Å². The third-order valence-corrected chi connectivity index (χ3v) is 3.65. The number of rotatable bonds is 8. The van der Waals surface area contributed by atoms with E-state index >= 15 is 0 Å². The van der Waals surface area contributed by atoms with E-state index in [-0.39, 0.29) is 12.0 Å². The van der Waals surface area contributed by atoms with Gasteiger partial charge in [-0.2, -0.15) is 0 Å². The van der Waals surface area contributed by atoms with E-state index in [0.717, 1.165) is 6.08 Å². The first-order chi connectivity index (χ1) is 13.0. The fourth-order valence-corrected chi connectivity index (χ4v) is 2.46. The molecule has 0 aliphatic carbocycles. The second kappa shape index (κ2) is 10.6. The number of nitrogens with two attached hydrogens (primary N) is 1. The van der Waals surface area contributed by atoms with Crippen LogP contribution in [0.2, 0.25) is 5.02 Å². The quantitative estimate of drug-likeness (QED) is 0.500. The summed E-state index contributed by atoms with van der Waals surface area (Å²) in [5, 5.41) is 2.22. The summed E-state index contributed by atoms with van der Waals surface area (Å²) in [4.78, 5) is 34.8. The van der Waals surface area contributed by atoms with Crippen molar-refractivity contribution >= 4 is 35.6 Å². The van der Waals surface area contributed by atoms with E-state index in [2.05, 4.69) is 0 Å². The molecule has 1 rings (SSSR count). The van der Waals surface area contributed by atoms with Crippen LogP contribution in [0.15, 0.2) is 18.2 Å². The highest BCUT2D eigenvalue weighted by molar-refractivity contribution is 6.32. The fraction of sp³-hybridized carbons (Fsp3) is 0.421. The number of amides is 3. The normalized spacial score (nSPS) is 12.1. The zero-order chi connectivity index (χ0) is 21.4. The van der Waals surface area contributed by atoms with Gasteiger partial charge in [0.1, 0.15) is 0 Å². The van der Waals surface area contributed by atoms with Crippen molar-refractivity contribution in [1.82, 2.24) is 5.32 Å². The lowest BCUT2D eigenvalue weighted by atomic mass is 10.1. The molecule has 0 radical (unpaired) electrons. The molecular weight excluding hydrogens is 388 g/mol. The number of primary amides is 1. The van der Waals surface area contributed by atoms with Gasteiger partial charge in [-0.1, -0.05) is 25.4 Å². The number of carbonyl (C=O) groups is 3. The van der Waals surface area contributed by atoms with Gasteiger partial charge in [0, 0.05) is 6.08 Å². The molecule has 0 aliphatic rings. The van der Waals surface area contributed by atoms with Gasteiger partial charge in [-0.05, 0) is 43.5 Å². The smallest absolute Gasteiger partial charge is 0.331 e. The van der Waals surface area contributed by atoms with E-state index in [9.17, 15) is 14.4 Å². The average molecular weight is 413 g/mol. The molecular formula is C19H25ClN2O6. The Morgan fingerprint density at radius 3 is 2.32 bits per heavy atom. The van der Waals surface area contributed by atoms with Crippen LogP contribution < -0.4 is 20.5 Å². The molecule has 0 aromatic heterocycles. The Bertz CT molecular complexity index is 761. The van der Waals surface area contributed by atoms with E-state index in [4.69, 9.17) is 31.5 Å². The van der Waals surface area contributed by atoms with Crippen molar-refractivity contribution in [1.29, 1.82) is 0 Å². The predicted molar refractivity (Wildman–Crippen MR) is 105 cm³/mol. The van der Waals surface area contributed by atoms with Crippen molar-refractivity contribution in [3.8, 4) is 11.5 Å². The van der Waals surface area contributed by atoms with Gasteiger partial charge in [-0.3, -0.25) is 10.1 Å². The number of methoxy groups -OCH3 is 1. The molecule has 0 heterocycles. The number of halogens is 1. The molecule has 9 heteroatoms. The molecule has 28 heavy (non-hydrogen) atoms. The summed E-state index contributed by atoms with van der Waals surface area (Å²) in [6, 6.07) is 2.23. The van der Waals surface area contributed by atoms with Gasteiger partial charge in [0.2, 0.25) is 0 Å². The Hall–Kier alpha value is -2.74. The lowest BCUT2D eigenvalue weighted by Gasteiger charge is -2.19. The van der Waals surface area contributed by atoms with Gasteiger partial charge < -0.3 is 19.9 Å². The third-order valence-electron chi connectivity index (χ3n) is 3.37. The molecule has 0 spiro atoms. The van der Waals surface area contributed by atoms with Crippen LogP contribution in [0.1, 0.15) is 33.3 Å². The summed E-state index contributed by atoms with van der Waals surface area (Å²) in [7, 11) is 1.48. The number of nitrogens with one attached hydrogen (secondary N) is 1. The van der Waals surface area contributed by atoms with Crippen molar-refractivity contribution in [2.24, 2.45) is 11.7 Å². The van der Waals surface area contributed by atoms with Crippen LogP contribution in [0.25, 0.3) is 6.08 Å². The van der Waals surface area contributed by atoms with E-state index in [1.54, 1.807) is 26.0 Å². The summed E-state index contributed by atoms with van der Waals surface area (Å²) in [6.07, 6.45) is 1.34. The van der Waals surface area contributed by atoms with Gasteiger partial charge >= 0.3 is 12.0 Å². The monoisotopic (exact) mass is 412 g/mol. The first-order valence-corrected chi connectivity index (χ1v) is 8.96. The van der Waals surface area contributed by atoms with Crippen molar-refractivity contribution < 1.29 is 28.6 Å². The Morgan fingerprint density at radius 2 is 1.82 bits per heavy atom. The SMILES string of the molecule is COc1cc(/C=C/C(=O)O[C@H](C(=O)NC(N)=O)C(C)C)cc(Cl)c1OC(C)C. The molecule has 1 aromatic rings. The second-order valence-electron chi connectivity index (χ2n) is 6.49. The molecule has 0 unspecified atom stereocenters. The Balaban J connectivity index is 2.95. The minimum atomic E-state index is -1.16. The van der Waals surface area contributed by atoms with Crippen LogP contribution in [-0.2, 0) is 14.3 Å². The molecule has 8 nitrogen and oxygen atoms in total. The highest BCUT2D eigenvalue weighted by Crippen LogP contribution is 2.37. The lowest BCUT2D eigenvalue weighted by molar-refractivity contribution is -0.153. The van der Waals surface area contributed by atoms with Gasteiger partial charge in [0.15, 0.2) is 17.6 Å². The zero-order valence-corrected chi connectivity index (χ0v) is 17.2. The number of imide groups is 1. The van der Waals surface area contributed by atoms with Crippen LogP contribution in [0.4, 0.5) is 4.79 Å². The Morgan fingerprint density at radius 1 is 1.18 bits per heavy atom. The van der Waals surface area contributed by atoms with Crippen molar-refractivity contribution in [3.05, 3.63) is 28.8 Å². The number of carbonyl (C=O) groups excluding carboxylic acids is 3. The number of hydrogen-bond donors (Lipinski definition) is 2. The maximum atomic E-state index is 12.1. The first kappa shape index (κ1) is 23.3. The summed E-state index contributed by atoms with van der Waals surface area (Å²) in [5.41, 5.74) is 5.49. The molecule has 3 N–H and O–H groups in total. The standard InChI is InChI=1S/C19H25ClN2O6/c1-10(2)16(18(24)22-19(21)25)28-15(23)7-6-12-8-13(20)17(27-11(3)4)14(9-12)26-5/h6-11,16H,1-5H3,(H3,21,22,24,25)/b7-6+/t16-/m0/s1. The minimum Gasteiger partial charge on any atom is -0.493 e. The molecule has 0 saturated carbocycles. The Kier molecular flexibility index (Phi) is 8.78. The van der Waals surface area contributed by atoms with Crippen LogP contribution in [-0.4, -0.2) is 37.2 Å². The average Bonchev–Trinajstić information content (AvgIpc) is 2.58. The minimum absolute atomic E-state index is 0.0951. The lowest BCUT2D eigenvalue weighted by Crippen LogP contribution is -2.45. The summed E-state index contributed by atoms with van der Waals surface area (Å²) in [6.45, 7) is 7.05. The number of esters is 1. The van der Waals surface area contributed by atoms with Crippen molar-refractivity contribution in [3.63, 3.8) is 0 Å². The van der Waals surface area contributed by atoms with Crippen LogP contribution in [0.5, 0.6) is 11.5 Å². The Labute approximate surface area is 169 Å².